The average Bonchev–Trinajstić information content (AvgIpc) is 3.12. The number of rotatable bonds is 5. The Bertz CT molecular complexity index is 878. The van der Waals surface area contributed by atoms with Gasteiger partial charge in [0.25, 0.3) is 0 Å². The van der Waals surface area contributed by atoms with Gasteiger partial charge in [0.05, 0.1) is 7.11 Å². The van der Waals surface area contributed by atoms with Gasteiger partial charge in [0, 0.05) is 23.3 Å². The standard InChI is InChI=1S/C18H17ClN4O3/c1-23(18(24)20-14-7-5-13(19)6-8-14)11-16-21-17(22-26-16)12-3-9-15(25-2)10-4-12/h3-10H,11H2,1-2H3,(H,20,24). The van der Waals surface area contributed by atoms with Gasteiger partial charge in [-0.25, -0.2) is 4.79 Å². The van der Waals surface area contributed by atoms with E-state index < -0.39 is 0 Å². The van der Waals surface area contributed by atoms with Crippen molar-refractivity contribution >= 4 is 23.3 Å². The van der Waals surface area contributed by atoms with Crippen LogP contribution in [0.15, 0.2) is 53.1 Å². The summed E-state index contributed by atoms with van der Waals surface area (Å²) in [5.74, 6) is 1.54. The lowest BCUT2D eigenvalue weighted by Gasteiger charge is -2.15. The fourth-order valence-corrected chi connectivity index (χ4v) is 2.33. The molecule has 26 heavy (non-hydrogen) atoms. The summed E-state index contributed by atoms with van der Waals surface area (Å²) >= 11 is 5.83. The van der Waals surface area contributed by atoms with Gasteiger partial charge >= 0.3 is 6.03 Å². The number of anilines is 1. The topological polar surface area (TPSA) is 80.5 Å². The van der Waals surface area contributed by atoms with Gasteiger partial charge in [-0.3, -0.25) is 0 Å². The van der Waals surface area contributed by atoms with Crippen molar-refractivity contribution in [3.63, 3.8) is 0 Å². The number of methoxy groups -OCH3 is 1. The lowest BCUT2D eigenvalue weighted by atomic mass is 10.2. The molecule has 1 aromatic heterocycles. The van der Waals surface area contributed by atoms with Crippen LogP contribution in [-0.2, 0) is 6.54 Å². The summed E-state index contributed by atoms with van der Waals surface area (Å²) in [5.41, 5.74) is 1.45. The molecule has 0 unspecified atom stereocenters. The summed E-state index contributed by atoms with van der Waals surface area (Å²) in [6, 6.07) is 13.9. The number of nitrogens with zero attached hydrogens (tertiary/aromatic N) is 3. The third kappa shape index (κ3) is 4.31. The summed E-state index contributed by atoms with van der Waals surface area (Å²) in [6.45, 7) is 0.183. The Labute approximate surface area is 155 Å². The van der Waals surface area contributed by atoms with Gasteiger partial charge in [0.2, 0.25) is 11.7 Å². The molecule has 134 valence electrons. The van der Waals surface area contributed by atoms with Crippen LogP contribution in [0.4, 0.5) is 10.5 Å². The third-order valence-electron chi connectivity index (χ3n) is 3.63. The van der Waals surface area contributed by atoms with E-state index in [0.29, 0.717) is 22.4 Å². The summed E-state index contributed by atoms with van der Waals surface area (Å²) in [4.78, 5) is 18.0. The minimum absolute atomic E-state index is 0.183. The zero-order valence-corrected chi connectivity index (χ0v) is 15.0. The Morgan fingerprint density at radius 1 is 1.19 bits per heavy atom. The van der Waals surface area contributed by atoms with E-state index in [1.54, 1.807) is 38.4 Å². The first-order valence-electron chi connectivity index (χ1n) is 7.80. The van der Waals surface area contributed by atoms with Gasteiger partial charge in [-0.05, 0) is 48.5 Å². The molecule has 0 radical (unpaired) electrons. The minimum atomic E-state index is -0.295. The van der Waals surface area contributed by atoms with Crippen LogP contribution >= 0.6 is 11.6 Å². The van der Waals surface area contributed by atoms with E-state index in [1.807, 2.05) is 24.3 Å². The van der Waals surface area contributed by atoms with Crippen molar-refractivity contribution in [3.05, 3.63) is 59.4 Å². The maximum absolute atomic E-state index is 12.2. The van der Waals surface area contributed by atoms with Gasteiger partial charge in [0.1, 0.15) is 12.3 Å². The second-order valence-corrected chi connectivity index (χ2v) is 5.97. The SMILES string of the molecule is COc1ccc(-c2noc(CN(C)C(=O)Nc3ccc(Cl)cc3)n2)cc1. The van der Waals surface area contributed by atoms with Crippen molar-refractivity contribution in [1.29, 1.82) is 0 Å². The highest BCUT2D eigenvalue weighted by Gasteiger charge is 2.15. The molecule has 8 heteroatoms. The number of aromatic nitrogens is 2. The second kappa shape index (κ2) is 7.88. The summed E-state index contributed by atoms with van der Waals surface area (Å²) < 4.78 is 10.4. The van der Waals surface area contributed by atoms with Crippen molar-refractivity contribution in [2.75, 3.05) is 19.5 Å². The molecule has 0 bridgehead atoms. The lowest BCUT2D eigenvalue weighted by Crippen LogP contribution is -2.30. The molecule has 0 saturated carbocycles. The molecule has 0 aliphatic carbocycles. The van der Waals surface area contributed by atoms with Crippen LogP contribution in [0, 0.1) is 0 Å². The highest BCUT2D eigenvalue weighted by atomic mass is 35.5. The molecule has 1 N–H and O–H groups in total. The van der Waals surface area contributed by atoms with Crippen molar-refractivity contribution < 1.29 is 14.1 Å². The molecule has 2 aromatic carbocycles. The highest BCUT2D eigenvalue weighted by Crippen LogP contribution is 2.20. The number of hydrogen-bond donors (Lipinski definition) is 1. The van der Waals surface area contributed by atoms with Gasteiger partial charge in [0.15, 0.2) is 0 Å². The van der Waals surface area contributed by atoms with E-state index in [4.69, 9.17) is 20.9 Å². The third-order valence-corrected chi connectivity index (χ3v) is 3.88. The molecule has 0 saturated heterocycles. The molecule has 7 nitrogen and oxygen atoms in total. The van der Waals surface area contributed by atoms with Crippen LogP contribution in [0.2, 0.25) is 5.02 Å². The number of urea groups is 1. The van der Waals surface area contributed by atoms with Crippen molar-refractivity contribution in [2.24, 2.45) is 0 Å². The van der Waals surface area contributed by atoms with Crippen LogP contribution in [0.1, 0.15) is 5.89 Å². The van der Waals surface area contributed by atoms with E-state index in [9.17, 15) is 4.79 Å². The molecule has 0 aliphatic rings. The Morgan fingerprint density at radius 2 is 1.88 bits per heavy atom. The zero-order chi connectivity index (χ0) is 18.5. The first kappa shape index (κ1) is 17.8. The Kier molecular flexibility index (Phi) is 5.38. The maximum atomic E-state index is 12.2. The van der Waals surface area contributed by atoms with Gasteiger partial charge in [-0.1, -0.05) is 16.8 Å². The molecule has 2 amide bonds. The molecule has 3 rings (SSSR count). The number of nitrogens with one attached hydrogen (secondary N) is 1. The minimum Gasteiger partial charge on any atom is -0.497 e. The first-order valence-corrected chi connectivity index (χ1v) is 8.17. The normalized spacial score (nSPS) is 10.4. The molecule has 0 aliphatic heterocycles. The number of halogens is 1. The smallest absolute Gasteiger partial charge is 0.322 e. The number of carbonyl (C=O) groups excluding carboxylic acids is 1. The van der Waals surface area contributed by atoms with Crippen LogP contribution in [0.3, 0.4) is 0 Å². The van der Waals surface area contributed by atoms with Crippen LogP contribution in [0.25, 0.3) is 11.4 Å². The van der Waals surface area contributed by atoms with Crippen molar-refractivity contribution in [2.45, 2.75) is 6.54 Å². The Morgan fingerprint density at radius 3 is 2.54 bits per heavy atom. The predicted octanol–water partition coefficient (Wildman–Crippen LogP) is 4.06. The molecular weight excluding hydrogens is 356 g/mol. The van der Waals surface area contributed by atoms with Crippen LogP contribution in [0.5, 0.6) is 5.75 Å². The first-order chi connectivity index (χ1) is 12.5. The summed E-state index contributed by atoms with van der Waals surface area (Å²) in [5, 5.41) is 7.32. The number of amides is 2. The average molecular weight is 373 g/mol. The largest absolute Gasteiger partial charge is 0.497 e. The quantitative estimate of drug-likeness (QED) is 0.730. The zero-order valence-electron chi connectivity index (χ0n) is 14.3. The predicted molar refractivity (Wildman–Crippen MR) is 98.2 cm³/mol. The fourth-order valence-electron chi connectivity index (χ4n) is 2.20. The fraction of sp³-hybridized carbons (Fsp3) is 0.167. The lowest BCUT2D eigenvalue weighted by molar-refractivity contribution is 0.213. The monoisotopic (exact) mass is 372 g/mol. The molecular formula is C18H17ClN4O3. The van der Waals surface area contributed by atoms with Gasteiger partial charge in [-0.15, -0.1) is 0 Å². The van der Waals surface area contributed by atoms with E-state index in [2.05, 4.69) is 15.5 Å². The van der Waals surface area contributed by atoms with Gasteiger partial charge in [-0.2, -0.15) is 4.98 Å². The maximum Gasteiger partial charge on any atom is 0.322 e. The second-order valence-electron chi connectivity index (χ2n) is 5.53. The Hall–Kier alpha value is -3.06. The number of carbonyl (C=O) groups is 1. The number of ether oxygens (including phenoxy) is 1. The van der Waals surface area contributed by atoms with E-state index in [-0.39, 0.29) is 12.6 Å². The van der Waals surface area contributed by atoms with E-state index in [0.717, 1.165) is 11.3 Å². The summed E-state index contributed by atoms with van der Waals surface area (Å²) in [7, 11) is 3.24. The van der Waals surface area contributed by atoms with Crippen molar-refractivity contribution in [1.82, 2.24) is 15.0 Å². The van der Waals surface area contributed by atoms with Crippen LogP contribution in [-0.4, -0.2) is 35.2 Å². The van der Waals surface area contributed by atoms with E-state index >= 15 is 0 Å². The number of hydrogen-bond acceptors (Lipinski definition) is 5. The van der Waals surface area contributed by atoms with E-state index in [1.165, 1.54) is 4.90 Å². The molecule has 0 atom stereocenters. The molecule has 1 heterocycles. The number of benzene rings is 2. The summed E-state index contributed by atoms with van der Waals surface area (Å²) in [6.07, 6.45) is 0. The molecule has 0 spiro atoms. The molecule has 3 aromatic rings. The Balaban J connectivity index is 1.62. The molecule has 0 fully saturated rings. The highest BCUT2D eigenvalue weighted by molar-refractivity contribution is 6.30. The van der Waals surface area contributed by atoms with Gasteiger partial charge < -0.3 is 19.5 Å². The van der Waals surface area contributed by atoms with Crippen molar-refractivity contribution in [3.8, 4) is 17.1 Å². The van der Waals surface area contributed by atoms with Crippen LogP contribution < -0.4 is 10.1 Å².